The van der Waals surface area contributed by atoms with Gasteiger partial charge in [-0.15, -0.1) is 22.7 Å². The topological polar surface area (TPSA) is 105 Å². The first-order chi connectivity index (χ1) is 24.7. The van der Waals surface area contributed by atoms with Gasteiger partial charge in [-0.05, 0) is 38.9 Å². The van der Waals surface area contributed by atoms with Gasteiger partial charge in [0.05, 0.1) is 28.2 Å². The molecule has 1 aliphatic heterocycles. The van der Waals surface area contributed by atoms with Crippen LogP contribution < -0.4 is 15.7 Å². The number of nitrogens with zero attached hydrogens (tertiary/aromatic N) is 3. The summed E-state index contributed by atoms with van der Waals surface area (Å²) in [6.45, 7) is 14.8. The molecule has 2 aromatic heterocycles. The molecule has 1 unspecified atom stereocenters. The summed E-state index contributed by atoms with van der Waals surface area (Å²) in [7, 11) is -2.94. The van der Waals surface area contributed by atoms with Crippen molar-refractivity contribution in [3.63, 3.8) is 0 Å². The van der Waals surface area contributed by atoms with E-state index in [0.29, 0.717) is 19.4 Å². The summed E-state index contributed by atoms with van der Waals surface area (Å²) in [6.07, 6.45) is 1.65. The summed E-state index contributed by atoms with van der Waals surface area (Å²) in [4.78, 5) is 39.9. The molecular weight excluding hydrogens is 705 g/mol. The Bertz CT molecular complexity index is 1950. The number of rotatable bonds is 10. The molecule has 0 aliphatic carbocycles. The van der Waals surface area contributed by atoms with Crippen molar-refractivity contribution < 1.29 is 19.1 Å². The number of carbonyl (C=O) groups is 2. The standard InChI is InChI=1S/C41H48N4O4S2Si/c1-27-35(50-26-43-27)29-20-18-28(19-21-29)22-31-24-42-37(51-31)34-23-30(25-45(34)38(46)36(40(2,3)4)44-39(47)48)49-52(41(5,6)7,32-14-10-8-11-15-32)33-16-12-9-13-17-33/h8-21,24,26,30,34,36,44H,22-23,25H2,1-7H3,(H,47,48)/t30-,34+,36?/m1/s1. The van der Waals surface area contributed by atoms with Crippen LogP contribution in [-0.4, -0.2) is 59.0 Å². The number of aromatic nitrogens is 2. The molecule has 6 rings (SSSR count). The predicted molar refractivity (Wildman–Crippen MR) is 213 cm³/mol. The second kappa shape index (κ2) is 15.1. The third-order valence-corrected chi connectivity index (χ3v) is 17.1. The Morgan fingerprint density at radius 1 is 0.942 bits per heavy atom. The fraction of sp³-hybridized carbons (Fsp3) is 0.366. The highest BCUT2D eigenvalue weighted by Gasteiger charge is 2.54. The lowest BCUT2D eigenvalue weighted by atomic mass is 9.85. The molecule has 2 amide bonds. The molecular formula is C41H48N4O4S2Si. The van der Waals surface area contributed by atoms with Gasteiger partial charge >= 0.3 is 6.09 Å². The average molecular weight is 753 g/mol. The summed E-state index contributed by atoms with van der Waals surface area (Å²) < 4.78 is 7.55. The minimum absolute atomic E-state index is 0.246. The van der Waals surface area contributed by atoms with Gasteiger partial charge in [-0.2, -0.15) is 0 Å². The molecule has 1 saturated heterocycles. The number of hydrogen-bond donors (Lipinski definition) is 2. The molecule has 8 nitrogen and oxygen atoms in total. The Hall–Kier alpha value is -4.16. The average Bonchev–Trinajstić information content (AvgIpc) is 3.86. The van der Waals surface area contributed by atoms with E-state index in [1.807, 2.05) is 56.4 Å². The lowest BCUT2D eigenvalue weighted by molar-refractivity contribution is -0.137. The normalized spacial score (nSPS) is 17.2. The predicted octanol–water partition coefficient (Wildman–Crippen LogP) is 8.07. The van der Waals surface area contributed by atoms with E-state index < -0.39 is 25.9 Å². The number of carbonyl (C=O) groups excluding carboxylic acids is 1. The highest BCUT2D eigenvalue weighted by Crippen LogP contribution is 2.43. The van der Waals surface area contributed by atoms with Crippen LogP contribution in [0, 0.1) is 12.3 Å². The molecule has 0 bridgehead atoms. The van der Waals surface area contributed by atoms with Gasteiger partial charge in [-0.25, -0.2) is 14.8 Å². The molecule has 5 aromatic rings. The first-order valence-corrected chi connectivity index (χ1v) is 21.3. The Morgan fingerprint density at radius 3 is 2.08 bits per heavy atom. The summed E-state index contributed by atoms with van der Waals surface area (Å²) in [6, 6.07) is 28.3. The van der Waals surface area contributed by atoms with Crippen molar-refractivity contribution in [1.29, 1.82) is 0 Å². The number of amides is 2. The maximum atomic E-state index is 14.5. The van der Waals surface area contributed by atoms with Crippen LogP contribution in [0.3, 0.4) is 0 Å². The number of benzene rings is 3. The van der Waals surface area contributed by atoms with Crippen LogP contribution in [0.2, 0.25) is 5.04 Å². The SMILES string of the molecule is Cc1ncsc1-c1ccc(Cc2cnc([C@@H]3C[C@@H](O[Si](c4ccccc4)(c4ccccc4)C(C)(C)C)CN3C(=O)C(NC(=O)O)C(C)(C)C)s2)cc1. The van der Waals surface area contributed by atoms with Crippen LogP contribution in [0.5, 0.6) is 0 Å². The first kappa shape index (κ1) is 37.6. The number of carboxylic acid groups (broad SMARTS) is 1. The highest BCUT2D eigenvalue weighted by atomic mass is 32.1. The van der Waals surface area contributed by atoms with Crippen LogP contribution >= 0.6 is 22.7 Å². The van der Waals surface area contributed by atoms with Gasteiger partial charge in [0, 0.05) is 30.5 Å². The number of nitrogens with one attached hydrogen (secondary N) is 1. The van der Waals surface area contributed by atoms with Crippen molar-refractivity contribution in [1.82, 2.24) is 20.2 Å². The zero-order valence-corrected chi connectivity index (χ0v) is 33.6. The van der Waals surface area contributed by atoms with Gasteiger partial charge in [0.15, 0.2) is 0 Å². The van der Waals surface area contributed by atoms with Crippen LogP contribution in [0.25, 0.3) is 10.4 Å². The largest absolute Gasteiger partial charge is 0.465 e. The molecule has 0 radical (unpaired) electrons. The summed E-state index contributed by atoms with van der Waals surface area (Å²) in [5.74, 6) is -0.265. The molecule has 0 saturated carbocycles. The summed E-state index contributed by atoms with van der Waals surface area (Å²) in [5.41, 5.74) is 4.58. The van der Waals surface area contributed by atoms with Crippen molar-refractivity contribution >= 4 is 53.4 Å². The van der Waals surface area contributed by atoms with Gasteiger partial charge in [0.25, 0.3) is 8.32 Å². The molecule has 3 aromatic carbocycles. The molecule has 3 atom stereocenters. The van der Waals surface area contributed by atoms with E-state index in [2.05, 4.69) is 104 Å². The minimum Gasteiger partial charge on any atom is -0.465 e. The molecule has 272 valence electrons. The summed E-state index contributed by atoms with van der Waals surface area (Å²) >= 11 is 3.25. The third-order valence-electron chi connectivity index (χ3n) is 9.88. The van der Waals surface area contributed by atoms with Crippen molar-refractivity contribution in [3.05, 3.63) is 118 Å². The van der Waals surface area contributed by atoms with Gasteiger partial charge in [-0.3, -0.25) is 4.79 Å². The van der Waals surface area contributed by atoms with Crippen LogP contribution in [0.1, 0.15) is 75.1 Å². The van der Waals surface area contributed by atoms with Crippen molar-refractivity contribution in [2.45, 2.75) is 84.5 Å². The summed E-state index contributed by atoms with van der Waals surface area (Å²) in [5, 5.41) is 15.2. The van der Waals surface area contributed by atoms with E-state index in [9.17, 15) is 14.7 Å². The van der Waals surface area contributed by atoms with E-state index in [0.717, 1.165) is 21.1 Å². The van der Waals surface area contributed by atoms with E-state index in [-0.39, 0.29) is 23.1 Å². The van der Waals surface area contributed by atoms with Gasteiger partial charge in [0.2, 0.25) is 5.91 Å². The van der Waals surface area contributed by atoms with Gasteiger partial charge < -0.3 is 19.7 Å². The van der Waals surface area contributed by atoms with E-state index in [1.54, 1.807) is 22.7 Å². The molecule has 1 aliphatic rings. The Labute approximate surface area is 316 Å². The Kier molecular flexibility index (Phi) is 10.9. The van der Waals surface area contributed by atoms with Gasteiger partial charge in [-0.1, -0.05) is 126 Å². The molecule has 1 fully saturated rings. The number of thiazole rings is 2. The van der Waals surface area contributed by atoms with Crippen LogP contribution in [0.4, 0.5) is 4.79 Å². The molecule has 0 spiro atoms. The molecule has 3 heterocycles. The number of hydrogen-bond acceptors (Lipinski definition) is 7. The third kappa shape index (κ3) is 7.78. The van der Waals surface area contributed by atoms with Gasteiger partial charge in [0.1, 0.15) is 11.0 Å². The lowest BCUT2D eigenvalue weighted by Crippen LogP contribution is -2.68. The molecule has 2 N–H and O–H groups in total. The molecule has 11 heteroatoms. The minimum atomic E-state index is -2.94. The van der Waals surface area contributed by atoms with E-state index >= 15 is 0 Å². The smallest absolute Gasteiger partial charge is 0.405 e. The Morgan fingerprint density at radius 2 is 1.56 bits per heavy atom. The quantitative estimate of drug-likeness (QED) is 0.140. The Balaban J connectivity index is 1.35. The zero-order valence-electron chi connectivity index (χ0n) is 30.9. The lowest BCUT2D eigenvalue weighted by Gasteiger charge is -2.44. The van der Waals surface area contributed by atoms with E-state index in [4.69, 9.17) is 9.41 Å². The first-order valence-electron chi connectivity index (χ1n) is 17.7. The zero-order chi connectivity index (χ0) is 37.3. The number of aryl methyl sites for hydroxylation is 1. The van der Waals surface area contributed by atoms with Crippen molar-refractivity contribution in [2.75, 3.05) is 6.54 Å². The number of likely N-dealkylation sites (tertiary alicyclic amines) is 1. The molecule has 52 heavy (non-hydrogen) atoms. The van der Waals surface area contributed by atoms with E-state index in [1.165, 1.54) is 20.8 Å². The highest BCUT2D eigenvalue weighted by molar-refractivity contribution is 7.13. The fourth-order valence-corrected chi connectivity index (χ4v) is 13.9. The second-order valence-electron chi connectivity index (χ2n) is 15.7. The fourth-order valence-electron chi connectivity index (χ4n) is 7.35. The maximum Gasteiger partial charge on any atom is 0.405 e. The van der Waals surface area contributed by atoms with Crippen molar-refractivity contribution in [2.24, 2.45) is 5.41 Å². The van der Waals surface area contributed by atoms with Crippen molar-refractivity contribution in [3.8, 4) is 10.4 Å². The maximum absolute atomic E-state index is 14.5. The second-order valence-corrected chi connectivity index (χ2v) is 22.0. The monoisotopic (exact) mass is 752 g/mol. The van der Waals surface area contributed by atoms with Crippen LogP contribution in [-0.2, 0) is 15.6 Å². The van der Waals surface area contributed by atoms with Crippen LogP contribution in [0.15, 0.2) is 96.6 Å².